The zero-order chi connectivity index (χ0) is 17.9. The summed E-state index contributed by atoms with van der Waals surface area (Å²) >= 11 is 3.48. The summed E-state index contributed by atoms with van der Waals surface area (Å²) in [4.78, 5) is 0. The van der Waals surface area contributed by atoms with E-state index in [1.807, 2.05) is 24.3 Å². The minimum atomic E-state index is -1.84. The van der Waals surface area contributed by atoms with E-state index in [0.29, 0.717) is 6.61 Å². The SMILES string of the molecule is CC(C)(C)[CH][C@@H](COc1cccc(Br)c1)O[Si](C)(C)C(C)(C)C. The van der Waals surface area contributed by atoms with Crippen LogP contribution in [0.5, 0.6) is 5.75 Å². The fourth-order valence-electron chi connectivity index (χ4n) is 1.96. The van der Waals surface area contributed by atoms with Crippen LogP contribution in [0.3, 0.4) is 0 Å². The lowest BCUT2D eigenvalue weighted by molar-refractivity contribution is 0.121. The Bertz CT molecular complexity index is 501. The summed E-state index contributed by atoms with van der Waals surface area (Å²) in [5.74, 6) is 0.866. The van der Waals surface area contributed by atoms with Crippen LogP contribution < -0.4 is 4.74 Å². The molecule has 0 aromatic heterocycles. The summed E-state index contributed by atoms with van der Waals surface area (Å²) in [7, 11) is -1.84. The van der Waals surface area contributed by atoms with Crippen molar-refractivity contribution < 1.29 is 9.16 Å². The van der Waals surface area contributed by atoms with Gasteiger partial charge in [-0.3, -0.25) is 0 Å². The van der Waals surface area contributed by atoms with Gasteiger partial charge in [-0.25, -0.2) is 0 Å². The van der Waals surface area contributed by atoms with Crippen molar-refractivity contribution >= 4 is 24.2 Å². The molecule has 0 saturated heterocycles. The van der Waals surface area contributed by atoms with Crippen LogP contribution in [0.1, 0.15) is 41.5 Å². The lowest BCUT2D eigenvalue weighted by Gasteiger charge is -2.40. The molecule has 0 saturated carbocycles. The monoisotopic (exact) mass is 399 g/mol. The molecule has 0 N–H and O–H groups in total. The minimum absolute atomic E-state index is 0.00475. The highest BCUT2D eigenvalue weighted by Gasteiger charge is 2.40. The number of ether oxygens (including phenoxy) is 1. The lowest BCUT2D eigenvalue weighted by atomic mass is 9.89. The molecule has 1 aromatic carbocycles. The number of hydrogen-bond donors (Lipinski definition) is 0. The van der Waals surface area contributed by atoms with Crippen molar-refractivity contribution in [2.45, 2.75) is 65.8 Å². The second-order valence-corrected chi connectivity index (χ2v) is 14.4. The van der Waals surface area contributed by atoms with Gasteiger partial charge in [0, 0.05) is 4.47 Å². The highest BCUT2D eigenvalue weighted by atomic mass is 79.9. The fraction of sp³-hybridized carbons (Fsp3) is 0.632. The Morgan fingerprint density at radius 1 is 1.13 bits per heavy atom. The van der Waals surface area contributed by atoms with Gasteiger partial charge in [0.15, 0.2) is 8.32 Å². The maximum Gasteiger partial charge on any atom is 0.192 e. The molecular formula is C19H32BrO2Si. The van der Waals surface area contributed by atoms with Crippen LogP contribution in [0.4, 0.5) is 0 Å². The molecule has 1 aromatic rings. The highest BCUT2D eigenvalue weighted by molar-refractivity contribution is 9.10. The van der Waals surface area contributed by atoms with Crippen molar-refractivity contribution in [2.75, 3.05) is 6.61 Å². The van der Waals surface area contributed by atoms with E-state index < -0.39 is 8.32 Å². The van der Waals surface area contributed by atoms with E-state index in [1.54, 1.807) is 0 Å². The predicted octanol–water partition coefficient (Wildman–Crippen LogP) is 6.47. The molecule has 0 spiro atoms. The molecule has 1 rings (SSSR count). The van der Waals surface area contributed by atoms with Gasteiger partial charge in [0.05, 0.1) is 6.10 Å². The first-order valence-corrected chi connectivity index (χ1v) is 11.9. The zero-order valence-electron chi connectivity index (χ0n) is 15.9. The second-order valence-electron chi connectivity index (χ2n) is 8.72. The average molecular weight is 400 g/mol. The third-order valence-electron chi connectivity index (χ3n) is 4.15. The summed E-state index contributed by atoms with van der Waals surface area (Å²) in [5.41, 5.74) is 0.0909. The summed E-state index contributed by atoms with van der Waals surface area (Å²) in [6.45, 7) is 18.5. The van der Waals surface area contributed by atoms with Gasteiger partial charge in [0.1, 0.15) is 12.4 Å². The van der Waals surface area contributed by atoms with Gasteiger partial charge in [-0.2, -0.15) is 0 Å². The molecule has 1 radical (unpaired) electrons. The molecule has 131 valence electrons. The summed E-state index contributed by atoms with van der Waals surface area (Å²) in [6, 6.07) is 7.94. The molecule has 0 aliphatic rings. The van der Waals surface area contributed by atoms with Crippen LogP contribution in [0.25, 0.3) is 0 Å². The van der Waals surface area contributed by atoms with Gasteiger partial charge in [0.25, 0.3) is 0 Å². The van der Waals surface area contributed by atoms with Crippen LogP contribution in [0.15, 0.2) is 28.7 Å². The first-order valence-electron chi connectivity index (χ1n) is 8.22. The number of halogens is 1. The predicted molar refractivity (Wildman–Crippen MR) is 105 cm³/mol. The molecule has 23 heavy (non-hydrogen) atoms. The molecule has 1 atom stereocenters. The molecule has 4 heteroatoms. The van der Waals surface area contributed by atoms with Crippen molar-refractivity contribution in [1.82, 2.24) is 0 Å². The Balaban J connectivity index is 2.81. The number of hydrogen-bond acceptors (Lipinski definition) is 2. The van der Waals surface area contributed by atoms with E-state index >= 15 is 0 Å². The highest BCUT2D eigenvalue weighted by Crippen LogP contribution is 2.38. The van der Waals surface area contributed by atoms with E-state index in [4.69, 9.17) is 9.16 Å². The normalized spacial score (nSPS) is 14.7. The molecule has 0 amide bonds. The van der Waals surface area contributed by atoms with Crippen LogP contribution in [0.2, 0.25) is 18.1 Å². The van der Waals surface area contributed by atoms with Crippen molar-refractivity contribution in [3.05, 3.63) is 35.2 Å². The van der Waals surface area contributed by atoms with Crippen molar-refractivity contribution in [1.29, 1.82) is 0 Å². The van der Waals surface area contributed by atoms with E-state index in [0.717, 1.165) is 10.2 Å². The smallest absolute Gasteiger partial charge is 0.192 e. The van der Waals surface area contributed by atoms with Crippen molar-refractivity contribution in [2.24, 2.45) is 5.41 Å². The first kappa shape index (κ1) is 20.7. The van der Waals surface area contributed by atoms with E-state index in [-0.39, 0.29) is 16.6 Å². The third kappa shape index (κ3) is 7.40. The molecular weight excluding hydrogens is 368 g/mol. The van der Waals surface area contributed by atoms with Gasteiger partial charge in [-0.1, -0.05) is 63.5 Å². The van der Waals surface area contributed by atoms with Crippen LogP contribution in [-0.2, 0) is 4.43 Å². The summed E-state index contributed by atoms with van der Waals surface area (Å²) in [6.07, 6.45) is 2.26. The standard InChI is InChI=1S/C19H32BrO2Si/c1-18(2,3)13-17(22-23(7,8)19(4,5)6)14-21-16-11-9-10-15(20)12-16/h9-13,17H,14H2,1-8H3/t17-/m0/s1. The molecule has 0 fully saturated rings. The molecule has 0 bridgehead atoms. The van der Waals surface area contributed by atoms with Crippen LogP contribution >= 0.6 is 15.9 Å². The Morgan fingerprint density at radius 2 is 1.74 bits per heavy atom. The third-order valence-corrected chi connectivity index (χ3v) is 9.15. The summed E-state index contributed by atoms with van der Waals surface area (Å²) < 4.78 is 13.6. The molecule has 0 aliphatic heterocycles. The van der Waals surface area contributed by atoms with E-state index in [9.17, 15) is 0 Å². The molecule has 0 heterocycles. The zero-order valence-corrected chi connectivity index (χ0v) is 18.5. The first-order chi connectivity index (χ1) is 10.3. The Hall–Kier alpha value is -0.323. The van der Waals surface area contributed by atoms with Gasteiger partial charge in [0.2, 0.25) is 0 Å². The number of rotatable bonds is 6. The Morgan fingerprint density at radius 3 is 2.22 bits per heavy atom. The summed E-state index contributed by atoms with van der Waals surface area (Å²) in [5, 5.41) is 0.187. The van der Waals surface area contributed by atoms with Gasteiger partial charge < -0.3 is 9.16 Å². The quantitative estimate of drug-likeness (QED) is 0.510. The van der Waals surface area contributed by atoms with E-state index in [2.05, 4.69) is 77.0 Å². The largest absolute Gasteiger partial charge is 0.491 e. The fourth-order valence-corrected chi connectivity index (χ4v) is 3.59. The Labute approximate surface area is 152 Å². The molecule has 0 unspecified atom stereocenters. The van der Waals surface area contributed by atoms with Gasteiger partial charge in [-0.15, -0.1) is 0 Å². The van der Waals surface area contributed by atoms with Crippen molar-refractivity contribution in [3.63, 3.8) is 0 Å². The maximum atomic E-state index is 6.58. The van der Waals surface area contributed by atoms with Gasteiger partial charge >= 0.3 is 0 Å². The van der Waals surface area contributed by atoms with Crippen LogP contribution in [-0.4, -0.2) is 21.0 Å². The Kier molecular flexibility index (Phi) is 6.94. The minimum Gasteiger partial charge on any atom is -0.491 e. The second kappa shape index (κ2) is 7.71. The molecule has 0 aliphatic carbocycles. The topological polar surface area (TPSA) is 18.5 Å². The van der Waals surface area contributed by atoms with E-state index in [1.165, 1.54) is 0 Å². The average Bonchev–Trinajstić information content (AvgIpc) is 2.32. The number of benzene rings is 1. The maximum absolute atomic E-state index is 6.58. The van der Waals surface area contributed by atoms with Gasteiger partial charge in [-0.05, 0) is 48.2 Å². The lowest BCUT2D eigenvalue weighted by Crippen LogP contribution is -2.46. The van der Waals surface area contributed by atoms with Crippen molar-refractivity contribution in [3.8, 4) is 5.75 Å². The molecule has 2 nitrogen and oxygen atoms in total. The van der Waals surface area contributed by atoms with Crippen LogP contribution in [0, 0.1) is 11.8 Å².